The molecular weight excluding hydrogens is 256 g/mol. The maximum atomic E-state index is 12.2. The number of Topliss-reactive ketones (excluding diaryl/α,β-unsaturated/α-hetero) is 1. The first-order valence-corrected chi connectivity index (χ1v) is 6.99. The van der Waals surface area contributed by atoms with Gasteiger partial charge in [-0.2, -0.15) is 4.98 Å². The number of carbonyl (C=O) groups is 1. The van der Waals surface area contributed by atoms with Gasteiger partial charge in [-0.05, 0) is 33.4 Å². The number of pyridine rings is 1. The van der Waals surface area contributed by atoms with Crippen LogP contribution >= 0.6 is 0 Å². The van der Waals surface area contributed by atoms with E-state index in [1.807, 2.05) is 19.0 Å². The lowest BCUT2D eigenvalue weighted by Crippen LogP contribution is -2.25. The second-order valence-electron chi connectivity index (χ2n) is 5.38. The first kappa shape index (κ1) is 14.8. The highest BCUT2D eigenvalue weighted by atomic mass is 16.5. The van der Waals surface area contributed by atoms with Gasteiger partial charge >= 0.3 is 0 Å². The van der Waals surface area contributed by atoms with E-state index in [0.29, 0.717) is 23.7 Å². The van der Waals surface area contributed by atoms with Crippen molar-refractivity contribution in [2.45, 2.75) is 31.8 Å². The lowest BCUT2D eigenvalue weighted by molar-refractivity contribution is 0.0965. The molecule has 0 unspecified atom stereocenters. The number of nitrogens with zero attached hydrogens (tertiary/aromatic N) is 2. The van der Waals surface area contributed by atoms with Gasteiger partial charge in [0.25, 0.3) is 0 Å². The smallest absolute Gasteiger partial charge is 0.217 e. The van der Waals surface area contributed by atoms with Crippen molar-refractivity contribution in [2.75, 3.05) is 27.7 Å². The van der Waals surface area contributed by atoms with Crippen molar-refractivity contribution in [2.24, 2.45) is 0 Å². The summed E-state index contributed by atoms with van der Waals surface area (Å²) in [7, 11) is 5.45. The molecule has 1 aliphatic carbocycles. The lowest BCUT2D eigenvalue weighted by atomic mass is 9.96. The van der Waals surface area contributed by atoms with Crippen molar-refractivity contribution in [3.63, 3.8) is 0 Å². The molecule has 0 N–H and O–H groups in total. The van der Waals surface area contributed by atoms with Crippen LogP contribution in [0.3, 0.4) is 0 Å². The van der Waals surface area contributed by atoms with E-state index in [1.165, 1.54) is 6.42 Å². The third-order valence-electron chi connectivity index (χ3n) is 3.44. The number of rotatable bonds is 7. The topological polar surface area (TPSA) is 51.7 Å². The Morgan fingerprint density at radius 2 is 2.05 bits per heavy atom. The number of ketones is 1. The molecule has 1 aromatic heterocycles. The zero-order chi connectivity index (χ0) is 14.5. The van der Waals surface area contributed by atoms with Gasteiger partial charge in [0.15, 0.2) is 5.78 Å². The number of carbonyl (C=O) groups excluding carboxylic acids is 1. The molecule has 5 heteroatoms. The van der Waals surface area contributed by atoms with Gasteiger partial charge in [-0.25, -0.2) is 0 Å². The van der Waals surface area contributed by atoms with Crippen molar-refractivity contribution < 1.29 is 14.3 Å². The molecule has 0 bridgehead atoms. The Kier molecular flexibility index (Phi) is 4.95. The fourth-order valence-electron chi connectivity index (χ4n) is 1.94. The van der Waals surface area contributed by atoms with Gasteiger partial charge in [-0.1, -0.05) is 0 Å². The zero-order valence-electron chi connectivity index (χ0n) is 12.4. The van der Waals surface area contributed by atoms with Crippen molar-refractivity contribution in [1.82, 2.24) is 9.88 Å². The predicted octanol–water partition coefficient (Wildman–Crippen LogP) is 2.16. The van der Waals surface area contributed by atoms with Crippen molar-refractivity contribution >= 4 is 5.78 Å². The first-order valence-electron chi connectivity index (χ1n) is 6.99. The summed E-state index contributed by atoms with van der Waals surface area (Å²) in [5.41, 5.74) is 0.605. The highest BCUT2D eigenvalue weighted by molar-refractivity contribution is 5.96. The molecule has 110 valence electrons. The second-order valence-corrected chi connectivity index (χ2v) is 5.38. The Balaban J connectivity index is 2.09. The van der Waals surface area contributed by atoms with Crippen LogP contribution in [0.4, 0.5) is 0 Å². The van der Waals surface area contributed by atoms with Crippen LogP contribution in [0.25, 0.3) is 0 Å². The quantitative estimate of drug-likeness (QED) is 0.715. The van der Waals surface area contributed by atoms with E-state index in [9.17, 15) is 4.79 Å². The van der Waals surface area contributed by atoms with Crippen LogP contribution in [-0.4, -0.2) is 49.5 Å². The van der Waals surface area contributed by atoms with Gasteiger partial charge in [0, 0.05) is 30.7 Å². The van der Waals surface area contributed by atoms with Gasteiger partial charge in [-0.15, -0.1) is 0 Å². The van der Waals surface area contributed by atoms with Gasteiger partial charge in [0.2, 0.25) is 11.8 Å². The fraction of sp³-hybridized carbons (Fsp3) is 0.600. The molecule has 20 heavy (non-hydrogen) atoms. The molecule has 0 atom stereocenters. The largest absolute Gasteiger partial charge is 0.481 e. The fourth-order valence-corrected chi connectivity index (χ4v) is 1.94. The molecule has 1 saturated carbocycles. The normalized spacial score (nSPS) is 15.0. The Hall–Kier alpha value is -1.62. The summed E-state index contributed by atoms with van der Waals surface area (Å²) in [6, 6.07) is 3.39. The molecule has 1 aliphatic rings. The lowest BCUT2D eigenvalue weighted by Gasteiger charge is -2.26. The summed E-state index contributed by atoms with van der Waals surface area (Å²) >= 11 is 0. The average Bonchev–Trinajstić information content (AvgIpc) is 2.39. The van der Waals surface area contributed by atoms with Crippen LogP contribution in [-0.2, 0) is 0 Å². The summed E-state index contributed by atoms with van der Waals surface area (Å²) < 4.78 is 10.9. The second kappa shape index (κ2) is 6.70. The molecule has 0 spiro atoms. The summed E-state index contributed by atoms with van der Waals surface area (Å²) in [5.74, 6) is 0.995. The molecule has 0 saturated heterocycles. The van der Waals surface area contributed by atoms with Crippen LogP contribution in [0, 0.1) is 0 Å². The van der Waals surface area contributed by atoms with Crippen molar-refractivity contribution in [3.05, 3.63) is 17.7 Å². The molecule has 0 aliphatic heterocycles. The number of ether oxygens (including phenoxy) is 2. The van der Waals surface area contributed by atoms with Gasteiger partial charge in [-0.3, -0.25) is 4.79 Å². The van der Waals surface area contributed by atoms with Crippen LogP contribution < -0.4 is 9.47 Å². The van der Waals surface area contributed by atoms with E-state index < -0.39 is 0 Å². The van der Waals surface area contributed by atoms with Gasteiger partial charge in [0.1, 0.15) is 6.10 Å². The molecule has 0 radical (unpaired) electrons. The van der Waals surface area contributed by atoms with E-state index in [1.54, 1.807) is 19.2 Å². The molecule has 0 aromatic carbocycles. The van der Waals surface area contributed by atoms with E-state index in [4.69, 9.17) is 9.47 Å². The first-order chi connectivity index (χ1) is 9.58. The standard InChI is InChI=1S/C15H22N2O3/c1-17(2)8-7-13(18)11-9-14(19-3)16-15(10-11)20-12-5-4-6-12/h9-10,12H,4-8H2,1-3H3. The van der Waals surface area contributed by atoms with E-state index in [-0.39, 0.29) is 11.9 Å². The van der Waals surface area contributed by atoms with Crippen LogP contribution in [0.15, 0.2) is 12.1 Å². The Bertz CT molecular complexity index is 470. The monoisotopic (exact) mass is 278 g/mol. The summed E-state index contributed by atoms with van der Waals surface area (Å²) in [5, 5.41) is 0. The molecular formula is C15H22N2O3. The van der Waals surface area contributed by atoms with Crippen LogP contribution in [0.2, 0.25) is 0 Å². The SMILES string of the molecule is COc1cc(C(=O)CCN(C)C)cc(OC2CCC2)n1. The molecule has 1 fully saturated rings. The predicted molar refractivity (Wildman–Crippen MR) is 76.6 cm³/mol. The number of methoxy groups -OCH3 is 1. The van der Waals surface area contributed by atoms with Crippen molar-refractivity contribution in [3.8, 4) is 11.8 Å². The van der Waals surface area contributed by atoms with Crippen LogP contribution in [0.1, 0.15) is 36.0 Å². The number of hydrogen-bond acceptors (Lipinski definition) is 5. The van der Waals surface area contributed by atoms with Crippen LogP contribution in [0.5, 0.6) is 11.8 Å². The zero-order valence-corrected chi connectivity index (χ0v) is 12.4. The van der Waals surface area contributed by atoms with E-state index >= 15 is 0 Å². The van der Waals surface area contributed by atoms with Gasteiger partial charge in [0.05, 0.1) is 7.11 Å². The highest BCUT2D eigenvalue weighted by Gasteiger charge is 2.21. The Labute approximate surface area is 119 Å². The summed E-state index contributed by atoms with van der Waals surface area (Å²) in [4.78, 5) is 18.4. The van der Waals surface area contributed by atoms with Crippen molar-refractivity contribution in [1.29, 1.82) is 0 Å². The van der Waals surface area contributed by atoms with E-state index in [0.717, 1.165) is 19.4 Å². The Morgan fingerprint density at radius 3 is 2.60 bits per heavy atom. The third-order valence-corrected chi connectivity index (χ3v) is 3.44. The minimum Gasteiger partial charge on any atom is -0.481 e. The maximum Gasteiger partial charge on any atom is 0.217 e. The third kappa shape index (κ3) is 3.93. The average molecular weight is 278 g/mol. The molecule has 0 amide bonds. The summed E-state index contributed by atoms with van der Waals surface area (Å²) in [6.45, 7) is 0.724. The molecule has 1 aromatic rings. The summed E-state index contributed by atoms with van der Waals surface area (Å²) in [6.07, 6.45) is 4.03. The number of hydrogen-bond donors (Lipinski definition) is 0. The minimum atomic E-state index is 0.0814. The molecule has 5 nitrogen and oxygen atoms in total. The molecule has 1 heterocycles. The van der Waals surface area contributed by atoms with Gasteiger partial charge < -0.3 is 14.4 Å². The minimum absolute atomic E-state index is 0.0814. The Morgan fingerprint density at radius 1 is 1.35 bits per heavy atom. The maximum absolute atomic E-state index is 12.2. The molecule has 2 rings (SSSR count). The number of aromatic nitrogens is 1. The highest BCUT2D eigenvalue weighted by Crippen LogP contribution is 2.26. The van der Waals surface area contributed by atoms with E-state index in [2.05, 4.69) is 4.98 Å².